The quantitative estimate of drug-likeness (QED) is 0.837. The zero-order valence-corrected chi connectivity index (χ0v) is 17.5. The lowest BCUT2D eigenvalue weighted by atomic mass is 9.87. The van der Waals surface area contributed by atoms with Gasteiger partial charge >= 0.3 is 0 Å². The molecule has 1 saturated heterocycles. The third kappa shape index (κ3) is 5.14. The highest BCUT2D eigenvalue weighted by Gasteiger charge is 2.22. The SMILES string of the molecule is CN(C(=O)c1ccc(COc2ccc(C(C)(C)C)cc2)cc1)C1CCNCC1. The van der Waals surface area contributed by atoms with Gasteiger partial charge in [0.1, 0.15) is 12.4 Å². The number of piperidine rings is 1. The van der Waals surface area contributed by atoms with Gasteiger partial charge in [-0.25, -0.2) is 0 Å². The topological polar surface area (TPSA) is 41.6 Å². The van der Waals surface area contributed by atoms with Crippen molar-refractivity contribution < 1.29 is 9.53 Å². The number of nitrogens with one attached hydrogen (secondary N) is 1. The molecule has 150 valence electrons. The summed E-state index contributed by atoms with van der Waals surface area (Å²) in [6, 6.07) is 16.4. The van der Waals surface area contributed by atoms with E-state index in [2.05, 4.69) is 38.2 Å². The molecular weight excluding hydrogens is 348 g/mol. The summed E-state index contributed by atoms with van der Waals surface area (Å²) in [6.07, 6.45) is 2.03. The van der Waals surface area contributed by atoms with Gasteiger partial charge in [-0.05, 0) is 66.7 Å². The van der Waals surface area contributed by atoms with Gasteiger partial charge in [0.25, 0.3) is 5.91 Å². The molecule has 0 aromatic heterocycles. The van der Waals surface area contributed by atoms with Crippen molar-refractivity contribution in [1.82, 2.24) is 10.2 Å². The molecule has 1 heterocycles. The summed E-state index contributed by atoms with van der Waals surface area (Å²) in [4.78, 5) is 14.6. The normalized spacial score (nSPS) is 15.3. The van der Waals surface area contributed by atoms with Gasteiger partial charge in [-0.15, -0.1) is 0 Å². The molecule has 3 rings (SSSR count). The van der Waals surface area contributed by atoms with Gasteiger partial charge in [0, 0.05) is 18.7 Å². The third-order valence-electron chi connectivity index (χ3n) is 5.50. The van der Waals surface area contributed by atoms with E-state index in [4.69, 9.17) is 4.74 Å². The van der Waals surface area contributed by atoms with Crippen LogP contribution in [0.1, 0.15) is 55.1 Å². The first-order valence-electron chi connectivity index (χ1n) is 10.1. The first kappa shape index (κ1) is 20.4. The predicted molar refractivity (Wildman–Crippen MR) is 114 cm³/mol. The molecule has 2 aromatic carbocycles. The third-order valence-corrected chi connectivity index (χ3v) is 5.50. The Bertz CT molecular complexity index is 770. The molecule has 0 spiro atoms. The van der Waals surface area contributed by atoms with Gasteiger partial charge in [-0.2, -0.15) is 0 Å². The maximum absolute atomic E-state index is 12.7. The molecule has 1 aliphatic heterocycles. The smallest absolute Gasteiger partial charge is 0.253 e. The van der Waals surface area contributed by atoms with Gasteiger partial charge in [0.15, 0.2) is 0 Å². The van der Waals surface area contributed by atoms with Crippen LogP contribution in [0.25, 0.3) is 0 Å². The van der Waals surface area contributed by atoms with E-state index in [-0.39, 0.29) is 11.3 Å². The standard InChI is InChI=1S/C24H32N2O2/c1-24(2,3)20-9-11-22(12-10-20)28-17-18-5-7-19(8-6-18)23(27)26(4)21-13-15-25-16-14-21/h5-12,21,25H,13-17H2,1-4H3. The van der Waals surface area contributed by atoms with E-state index in [1.54, 1.807) is 0 Å². The van der Waals surface area contributed by atoms with Crippen molar-refractivity contribution in [2.24, 2.45) is 0 Å². The Labute approximate surface area is 168 Å². The second-order valence-corrected chi connectivity index (χ2v) is 8.66. The highest BCUT2D eigenvalue weighted by molar-refractivity contribution is 5.94. The first-order valence-corrected chi connectivity index (χ1v) is 10.1. The number of amides is 1. The van der Waals surface area contributed by atoms with Crippen molar-refractivity contribution in [3.63, 3.8) is 0 Å². The average Bonchev–Trinajstić information content (AvgIpc) is 2.72. The summed E-state index contributed by atoms with van der Waals surface area (Å²) < 4.78 is 5.90. The van der Waals surface area contributed by atoms with Crippen LogP contribution in [0.2, 0.25) is 0 Å². The molecule has 0 unspecified atom stereocenters. The number of carbonyl (C=O) groups is 1. The van der Waals surface area contributed by atoms with E-state index in [0.717, 1.165) is 42.8 Å². The molecular formula is C24H32N2O2. The molecule has 0 atom stereocenters. The first-order chi connectivity index (χ1) is 13.3. The Hall–Kier alpha value is -2.33. The highest BCUT2D eigenvalue weighted by Crippen LogP contribution is 2.24. The van der Waals surface area contributed by atoms with Crippen molar-refractivity contribution in [3.8, 4) is 5.75 Å². The van der Waals surface area contributed by atoms with Crippen molar-refractivity contribution >= 4 is 5.91 Å². The second-order valence-electron chi connectivity index (χ2n) is 8.66. The molecule has 0 aliphatic carbocycles. The minimum absolute atomic E-state index is 0.0946. The number of ether oxygens (including phenoxy) is 1. The Morgan fingerprint density at radius 3 is 2.21 bits per heavy atom. The van der Waals surface area contributed by atoms with Gasteiger partial charge in [0.2, 0.25) is 0 Å². The minimum atomic E-state index is 0.0946. The summed E-state index contributed by atoms with van der Waals surface area (Å²) in [7, 11) is 1.91. The highest BCUT2D eigenvalue weighted by atomic mass is 16.5. The Morgan fingerprint density at radius 1 is 1.04 bits per heavy atom. The Balaban J connectivity index is 1.56. The van der Waals surface area contributed by atoms with Crippen LogP contribution in [0.5, 0.6) is 5.75 Å². The fourth-order valence-electron chi connectivity index (χ4n) is 3.52. The summed E-state index contributed by atoms with van der Waals surface area (Å²) in [5.74, 6) is 0.955. The number of hydrogen-bond acceptors (Lipinski definition) is 3. The van der Waals surface area contributed by atoms with Crippen molar-refractivity contribution in [2.75, 3.05) is 20.1 Å². The van der Waals surface area contributed by atoms with Gasteiger partial charge in [-0.3, -0.25) is 4.79 Å². The lowest BCUT2D eigenvalue weighted by Crippen LogP contribution is -2.43. The van der Waals surface area contributed by atoms with E-state index in [1.807, 2.05) is 48.3 Å². The van der Waals surface area contributed by atoms with Crippen LogP contribution in [0.15, 0.2) is 48.5 Å². The zero-order valence-electron chi connectivity index (χ0n) is 17.5. The number of benzene rings is 2. The maximum Gasteiger partial charge on any atom is 0.253 e. The molecule has 0 radical (unpaired) electrons. The van der Waals surface area contributed by atoms with Crippen LogP contribution in [0.3, 0.4) is 0 Å². The van der Waals surface area contributed by atoms with E-state index in [0.29, 0.717) is 12.6 Å². The summed E-state index contributed by atoms with van der Waals surface area (Å²) in [5, 5.41) is 3.34. The summed E-state index contributed by atoms with van der Waals surface area (Å²) in [5.41, 5.74) is 3.23. The molecule has 0 bridgehead atoms. The van der Waals surface area contributed by atoms with Crippen LogP contribution in [-0.4, -0.2) is 37.0 Å². The minimum Gasteiger partial charge on any atom is -0.489 e. The maximum atomic E-state index is 12.7. The number of rotatable bonds is 5. The predicted octanol–water partition coefficient (Wildman–Crippen LogP) is 4.39. The summed E-state index contributed by atoms with van der Waals surface area (Å²) >= 11 is 0. The number of nitrogens with zero attached hydrogens (tertiary/aromatic N) is 1. The fourth-order valence-corrected chi connectivity index (χ4v) is 3.52. The van der Waals surface area contributed by atoms with Gasteiger partial charge in [0.05, 0.1) is 0 Å². The zero-order chi connectivity index (χ0) is 20.1. The van der Waals surface area contributed by atoms with Crippen LogP contribution >= 0.6 is 0 Å². The Morgan fingerprint density at radius 2 is 1.64 bits per heavy atom. The van der Waals surface area contributed by atoms with Crippen molar-refractivity contribution in [2.45, 2.75) is 51.7 Å². The molecule has 1 amide bonds. The Kier molecular flexibility index (Phi) is 6.40. The number of carbonyl (C=O) groups excluding carboxylic acids is 1. The molecule has 1 aliphatic rings. The lowest BCUT2D eigenvalue weighted by Gasteiger charge is -2.31. The molecule has 1 fully saturated rings. The monoisotopic (exact) mass is 380 g/mol. The van der Waals surface area contributed by atoms with Crippen LogP contribution in [0, 0.1) is 0 Å². The second kappa shape index (κ2) is 8.78. The molecule has 4 nitrogen and oxygen atoms in total. The molecule has 28 heavy (non-hydrogen) atoms. The van der Waals surface area contributed by atoms with Crippen molar-refractivity contribution in [3.05, 3.63) is 65.2 Å². The van der Waals surface area contributed by atoms with Gasteiger partial charge in [-0.1, -0.05) is 45.0 Å². The van der Waals surface area contributed by atoms with E-state index in [9.17, 15) is 4.79 Å². The van der Waals surface area contributed by atoms with E-state index < -0.39 is 0 Å². The average molecular weight is 381 g/mol. The van der Waals surface area contributed by atoms with Crippen LogP contribution in [0.4, 0.5) is 0 Å². The molecule has 1 N–H and O–H groups in total. The van der Waals surface area contributed by atoms with E-state index >= 15 is 0 Å². The largest absolute Gasteiger partial charge is 0.489 e. The molecule has 0 saturated carbocycles. The van der Waals surface area contributed by atoms with Crippen LogP contribution in [-0.2, 0) is 12.0 Å². The fraction of sp³-hybridized carbons (Fsp3) is 0.458. The number of hydrogen-bond donors (Lipinski definition) is 1. The lowest BCUT2D eigenvalue weighted by molar-refractivity contribution is 0.0703. The van der Waals surface area contributed by atoms with Crippen molar-refractivity contribution in [1.29, 1.82) is 0 Å². The van der Waals surface area contributed by atoms with E-state index in [1.165, 1.54) is 5.56 Å². The van der Waals surface area contributed by atoms with Gasteiger partial charge < -0.3 is 15.0 Å². The summed E-state index contributed by atoms with van der Waals surface area (Å²) in [6.45, 7) is 9.06. The molecule has 2 aromatic rings. The molecule has 4 heteroatoms. The van der Waals surface area contributed by atoms with Crippen LogP contribution < -0.4 is 10.1 Å².